The van der Waals surface area contributed by atoms with E-state index < -0.39 is 11.8 Å². The molecule has 0 atom stereocenters. The fourth-order valence-electron chi connectivity index (χ4n) is 2.25. The minimum Gasteiger partial charge on any atom is -0.497 e. The smallest absolute Gasteiger partial charge is 0.345 e. The molecule has 0 N–H and O–H groups in total. The van der Waals surface area contributed by atoms with Crippen molar-refractivity contribution in [2.45, 2.75) is 38.9 Å². The van der Waals surface area contributed by atoms with Crippen LogP contribution in [0.1, 0.15) is 49.0 Å². The zero-order valence-electron chi connectivity index (χ0n) is 13.0. The van der Waals surface area contributed by atoms with E-state index in [1.807, 2.05) is 12.2 Å². The highest BCUT2D eigenvalue weighted by atomic mass is 16.7. The Labute approximate surface area is 129 Å². The van der Waals surface area contributed by atoms with Crippen LogP contribution in [0.5, 0.6) is 11.5 Å². The van der Waals surface area contributed by atoms with Crippen molar-refractivity contribution in [1.82, 2.24) is 0 Å². The van der Waals surface area contributed by atoms with Crippen LogP contribution < -0.4 is 9.47 Å². The van der Waals surface area contributed by atoms with Gasteiger partial charge >= 0.3 is 5.97 Å². The van der Waals surface area contributed by atoms with Crippen molar-refractivity contribution >= 4 is 18.3 Å². The first kappa shape index (κ1) is 16.1. The molecule has 0 aromatic heterocycles. The van der Waals surface area contributed by atoms with Gasteiger partial charge in [-0.2, -0.15) is 0 Å². The molecule has 0 radical (unpaired) electrons. The van der Waals surface area contributed by atoms with E-state index in [1.165, 1.54) is 0 Å². The molecule has 0 aliphatic carbocycles. The Morgan fingerprint density at radius 2 is 2.00 bits per heavy atom. The molecule has 1 heterocycles. The second-order valence-electron chi connectivity index (χ2n) is 5.48. The first-order valence-corrected chi connectivity index (χ1v) is 7.21. The van der Waals surface area contributed by atoms with Crippen LogP contribution >= 0.6 is 0 Å². The van der Waals surface area contributed by atoms with Crippen molar-refractivity contribution in [3.8, 4) is 11.5 Å². The number of hydrogen-bond donors (Lipinski definition) is 0. The minimum absolute atomic E-state index is 0.395. The highest BCUT2D eigenvalue weighted by Crippen LogP contribution is 2.37. The van der Waals surface area contributed by atoms with E-state index in [0.29, 0.717) is 29.0 Å². The van der Waals surface area contributed by atoms with Crippen LogP contribution in [0, 0.1) is 0 Å². The molecule has 0 bridgehead atoms. The molecular formula is C17H20O5. The molecule has 22 heavy (non-hydrogen) atoms. The average molecular weight is 304 g/mol. The summed E-state index contributed by atoms with van der Waals surface area (Å²) in [6.45, 7) is 3.37. The van der Waals surface area contributed by atoms with Gasteiger partial charge in [0, 0.05) is 26.3 Å². The van der Waals surface area contributed by atoms with Gasteiger partial charge in [-0.3, -0.25) is 0 Å². The van der Waals surface area contributed by atoms with Gasteiger partial charge in [-0.15, -0.1) is 0 Å². The number of fused-ring (bicyclic) bond motifs is 1. The normalized spacial score (nSPS) is 15.9. The van der Waals surface area contributed by atoms with E-state index in [4.69, 9.17) is 14.2 Å². The number of ether oxygens (including phenoxy) is 3. The van der Waals surface area contributed by atoms with Crippen LogP contribution in [-0.4, -0.2) is 25.2 Å². The van der Waals surface area contributed by atoms with Crippen molar-refractivity contribution < 1.29 is 23.8 Å². The second-order valence-corrected chi connectivity index (χ2v) is 5.48. The number of esters is 1. The van der Waals surface area contributed by atoms with Crippen LogP contribution in [0.2, 0.25) is 0 Å². The maximum absolute atomic E-state index is 12.2. The number of hydrogen-bond acceptors (Lipinski definition) is 5. The molecule has 0 spiro atoms. The first-order valence-electron chi connectivity index (χ1n) is 7.21. The molecule has 1 aromatic carbocycles. The van der Waals surface area contributed by atoms with E-state index in [0.717, 1.165) is 19.1 Å². The fraction of sp³-hybridized carbons (Fsp3) is 0.412. The van der Waals surface area contributed by atoms with Gasteiger partial charge in [0.05, 0.1) is 7.11 Å². The molecule has 0 fully saturated rings. The topological polar surface area (TPSA) is 61.8 Å². The van der Waals surface area contributed by atoms with Crippen LogP contribution in [0.3, 0.4) is 0 Å². The SMILES string of the molecule is COc1cc(/C=C/CCCC=O)c2c(c1)OC(C)(C)OC2=O. The lowest BCUT2D eigenvalue weighted by Gasteiger charge is -2.32. The van der Waals surface area contributed by atoms with Crippen LogP contribution in [0.25, 0.3) is 6.08 Å². The van der Waals surface area contributed by atoms with E-state index >= 15 is 0 Å². The Kier molecular flexibility index (Phi) is 4.85. The van der Waals surface area contributed by atoms with Gasteiger partial charge in [0.15, 0.2) is 0 Å². The Morgan fingerprint density at radius 1 is 1.23 bits per heavy atom. The number of rotatable bonds is 6. The van der Waals surface area contributed by atoms with Crippen LogP contribution in [-0.2, 0) is 9.53 Å². The van der Waals surface area contributed by atoms with Gasteiger partial charge < -0.3 is 19.0 Å². The number of cyclic esters (lactones) is 1. The zero-order chi connectivity index (χ0) is 16.2. The maximum Gasteiger partial charge on any atom is 0.345 e. The number of allylic oxidation sites excluding steroid dienone is 1. The second kappa shape index (κ2) is 6.64. The molecule has 0 saturated heterocycles. The largest absolute Gasteiger partial charge is 0.497 e. The lowest BCUT2D eigenvalue weighted by atomic mass is 10.0. The van der Waals surface area contributed by atoms with Gasteiger partial charge in [-0.05, 0) is 24.5 Å². The first-order chi connectivity index (χ1) is 10.5. The summed E-state index contributed by atoms with van der Waals surface area (Å²) >= 11 is 0. The summed E-state index contributed by atoms with van der Waals surface area (Å²) in [5.74, 6) is -0.354. The molecule has 1 aromatic rings. The van der Waals surface area contributed by atoms with Crippen molar-refractivity contribution in [2.75, 3.05) is 7.11 Å². The molecule has 1 aliphatic heterocycles. The average Bonchev–Trinajstić information content (AvgIpc) is 2.44. The summed E-state index contributed by atoms with van der Waals surface area (Å²) in [4.78, 5) is 22.5. The Bertz CT molecular complexity index is 601. The third-order valence-corrected chi connectivity index (χ3v) is 3.23. The Balaban J connectivity index is 2.33. The number of aldehydes is 1. The number of unbranched alkanes of at least 4 members (excludes halogenated alkanes) is 2. The maximum atomic E-state index is 12.2. The summed E-state index contributed by atoms with van der Waals surface area (Å²) < 4.78 is 16.2. The fourth-order valence-corrected chi connectivity index (χ4v) is 2.25. The van der Waals surface area contributed by atoms with E-state index in [1.54, 1.807) is 33.1 Å². The van der Waals surface area contributed by atoms with E-state index in [-0.39, 0.29) is 0 Å². The van der Waals surface area contributed by atoms with Crippen molar-refractivity contribution in [1.29, 1.82) is 0 Å². The lowest BCUT2D eigenvalue weighted by Crippen LogP contribution is -2.39. The van der Waals surface area contributed by atoms with E-state index in [9.17, 15) is 9.59 Å². The molecule has 0 saturated carbocycles. The van der Waals surface area contributed by atoms with Crippen molar-refractivity contribution in [2.24, 2.45) is 0 Å². The van der Waals surface area contributed by atoms with Crippen molar-refractivity contribution in [3.63, 3.8) is 0 Å². The van der Waals surface area contributed by atoms with E-state index in [2.05, 4.69) is 0 Å². The molecule has 2 rings (SSSR count). The monoisotopic (exact) mass is 304 g/mol. The highest BCUT2D eigenvalue weighted by Gasteiger charge is 2.35. The third-order valence-electron chi connectivity index (χ3n) is 3.23. The molecule has 1 aliphatic rings. The standard InChI is InChI=1S/C17H20O5/c1-17(2)21-14-11-13(20-3)10-12(15(14)16(19)22-17)8-6-4-5-7-9-18/h6,8-11H,4-5,7H2,1-3H3/b8-6+. The van der Waals surface area contributed by atoms with Gasteiger partial charge in [0.25, 0.3) is 0 Å². The molecule has 118 valence electrons. The Morgan fingerprint density at radius 3 is 2.68 bits per heavy atom. The number of methoxy groups -OCH3 is 1. The lowest BCUT2D eigenvalue weighted by molar-refractivity contribution is -0.127. The predicted octanol–water partition coefficient (Wildman–Crippen LogP) is 3.36. The molecule has 5 nitrogen and oxygen atoms in total. The Hall–Kier alpha value is -2.30. The van der Waals surface area contributed by atoms with Crippen LogP contribution in [0.4, 0.5) is 0 Å². The molecular weight excluding hydrogens is 284 g/mol. The summed E-state index contributed by atoms with van der Waals surface area (Å²) in [6, 6.07) is 3.44. The number of benzene rings is 1. The summed E-state index contributed by atoms with van der Waals surface area (Å²) in [5, 5.41) is 0. The van der Waals surface area contributed by atoms with Gasteiger partial charge in [0.1, 0.15) is 23.3 Å². The summed E-state index contributed by atoms with van der Waals surface area (Å²) in [7, 11) is 1.56. The molecule has 0 unspecified atom stereocenters. The number of carbonyl (C=O) groups is 2. The molecule has 0 amide bonds. The predicted molar refractivity (Wildman–Crippen MR) is 82.1 cm³/mol. The van der Waals surface area contributed by atoms with Gasteiger partial charge in [-0.1, -0.05) is 12.2 Å². The summed E-state index contributed by atoms with van der Waals surface area (Å²) in [5.41, 5.74) is 1.08. The quantitative estimate of drug-likeness (QED) is 0.458. The summed E-state index contributed by atoms with van der Waals surface area (Å²) in [6.07, 6.45) is 6.71. The zero-order valence-corrected chi connectivity index (χ0v) is 13.0. The van der Waals surface area contributed by atoms with Crippen molar-refractivity contribution in [3.05, 3.63) is 29.3 Å². The van der Waals surface area contributed by atoms with Crippen LogP contribution in [0.15, 0.2) is 18.2 Å². The minimum atomic E-state index is -0.999. The van der Waals surface area contributed by atoms with Gasteiger partial charge in [-0.25, -0.2) is 4.79 Å². The van der Waals surface area contributed by atoms with Gasteiger partial charge in [0.2, 0.25) is 5.79 Å². The number of carbonyl (C=O) groups excluding carboxylic acids is 2. The third kappa shape index (κ3) is 3.67. The molecule has 5 heteroatoms. The highest BCUT2D eigenvalue weighted by molar-refractivity contribution is 5.98.